The fourth-order valence-corrected chi connectivity index (χ4v) is 14.4. The van der Waals surface area contributed by atoms with Crippen LogP contribution in [0.4, 0.5) is 11.4 Å². The van der Waals surface area contributed by atoms with Gasteiger partial charge in [-0.25, -0.2) is 5.01 Å². The Morgan fingerprint density at radius 3 is 2.30 bits per heavy atom. The Morgan fingerprint density at radius 2 is 1.58 bits per heavy atom. The van der Waals surface area contributed by atoms with Crippen molar-refractivity contribution in [2.45, 2.75) is 75.5 Å². The average molecular weight is 875 g/mol. The van der Waals surface area contributed by atoms with Crippen LogP contribution in [0.3, 0.4) is 0 Å². The van der Waals surface area contributed by atoms with E-state index in [0.29, 0.717) is 42.9 Å². The van der Waals surface area contributed by atoms with E-state index in [0.717, 1.165) is 39.4 Å². The summed E-state index contributed by atoms with van der Waals surface area (Å²) in [7, 11) is 0.862. The molecule has 5 atom stereocenters. The van der Waals surface area contributed by atoms with Gasteiger partial charge in [-0.15, -0.1) is 5.10 Å². The summed E-state index contributed by atoms with van der Waals surface area (Å²) in [5.41, 5.74) is 5.23. The Kier molecular flexibility index (Phi) is 11.8. The van der Waals surface area contributed by atoms with Gasteiger partial charge in [0.2, 0.25) is 5.91 Å². The number of hydrogen-bond donors (Lipinski definition) is 1. The molecule has 4 heterocycles. The van der Waals surface area contributed by atoms with E-state index in [1.54, 1.807) is 14.2 Å². The molecule has 1 N–H and O–H groups in total. The number of nitrogens with zero attached hydrogens (tertiary/aromatic N) is 6. The molecule has 0 radical (unpaired) electrons. The van der Waals surface area contributed by atoms with Crippen molar-refractivity contribution in [2.24, 2.45) is 11.0 Å². The predicted octanol–water partition coefficient (Wildman–Crippen LogP) is 7.80. The first-order chi connectivity index (χ1) is 31.0. The molecule has 3 aliphatic rings. The zero-order valence-corrected chi connectivity index (χ0v) is 37.9. The first-order valence-electron chi connectivity index (χ1n) is 22.0. The molecule has 1 unspecified atom stereocenters. The molecule has 0 aliphatic carbocycles. The van der Waals surface area contributed by atoms with E-state index in [9.17, 15) is 9.90 Å². The molecule has 0 bridgehead atoms. The lowest BCUT2D eigenvalue weighted by Crippen LogP contribution is -2.51. The summed E-state index contributed by atoms with van der Waals surface area (Å²) in [6, 6.07) is 41.7. The number of anilines is 2. The van der Waals surface area contributed by atoms with Gasteiger partial charge in [-0.05, 0) is 71.1 Å². The van der Waals surface area contributed by atoms with Crippen molar-refractivity contribution >= 4 is 42.2 Å². The van der Waals surface area contributed by atoms with E-state index >= 15 is 4.79 Å². The number of rotatable bonds is 14. The Morgan fingerprint density at radius 1 is 0.859 bits per heavy atom. The van der Waals surface area contributed by atoms with Crippen molar-refractivity contribution < 1.29 is 28.9 Å². The Balaban J connectivity index is 1.06. The molecule has 5 aromatic carbocycles. The average Bonchev–Trinajstić information content (AvgIpc) is 3.99. The number of benzene rings is 5. The van der Waals surface area contributed by atoms with Crippen LogP contribution in [0.1, 0.15) is 60.1 Å². The van der Waals surface area contributed by atoms with Gasteiger partial charge in [-0.1, -0.05) is 115 Å². The maximum atomic E-state index is 15.6. The van der Waals surface area contributed by atoms with Crippen molar-refractivity contribution in [1.82, 2.24) is 15.0 Å². The molecular weight excluding hydrogens is 821 g/mol. The highest BCUT2D eigenvalue weighted by molar-refractivity contribution is 6.91. The molecule has 2 amide bonds. The Hall–Kier alpha value is -6.41. The SMILES string of the molecule is COc1ccc([Si](C)(C)[C@@H]2[C@@H](CCn3cc(C(CO)c4ccccc4)nn3)O[C@]3(C(=O)N(Cc4cccc(N5N=C(c6ccccc6)CCC5=O)c4)c4ccc(OC)cc43)[C@H]2C)cc1. The van der Waals surface area contributed by atoms with Crippen LogP contribution >= 0.6 is 0 Å². The van der Waals surface area contributed by atoms with Gasteiger partial charge < -0.3 is 24.2 Å². The number of carbonyl (C=O) groups is 2. The minimum Gasteiger partial charge on any atom is -0.497 e. The number of amides is 2. The minimum absolute atomic E-state index is 0.00791. The molecule has 328 valence electrons. The van der Waals surface area contributed by atoms with E-state index < -0.39 is 13.7 Å². The lowest BCUT2D eigenvalue weighted by molar-refractivity contribution is -0.146. The first kappa shape index (κ1) is 42.9. The third kappa shape index (κ3) is 7.71. The second-order valence-corrected chi connectivity index (χ2v) is 22.2. The number of hydrazone groups is 1. The molecule has 6 aromatic rings. The fourth-order valence-electron chi connectivity index (χ4n) is 10.3. The van der Waals surface area contributed by atoms with Crippen molar-refractivity contribution in [2.75, 3.05) is 30.7 Å². The lowest BCUT2D eigenvalue weighted by Gasteiger charge is -2.37. The molecule has 3 aliphatic heterocycles. The maximum absolute atomic E-state index is 15.6. The number of aromatic nitrogens is 3. The smallest absolute Gasteiger partial charge is 0.264 e. The van der Waals surface area contributed by atoms with Crippen molar-refractivity contribution in [3.8, 4) is 11.5 Å². The number of hydrogen-bond acceptors (Lipinski definition) is 9. The highest BCUT2D eigenvalue weighted by Gasteiger charge is 2.66. The van der Waals surface area contributed by atoms with Crippen LogP contribution in [0.5, 0.6) is 11.5 Å². The van der Waals surface area contributed by atoms with Crippen LogP contribution in [0.15, 0.2) is 139 Å². The molecule has 0 saturated carbocycles. The Labute approximate surface area is 375 Å². The standard InChI is InChI=1S/C51H54N6O6Si/c1-34-49(64(4,5)41-22-19-39(61-2)20-23-41)47(27-28-55-32-45(52-54-55)42(33-58)36-14-8-6-9-15-36)63-51(34)43-30-40(62-3)21-25-46(43)56(50(51)60)31-35-13-12-18-38(29-35)57-48(59)26-24-44(53-57)37-16-10-7-11-17-37/h6-23,25,29-30,32,34,42,47,49,58H,24,26-28,31,33H2,1-5H3/t34-,42?,47+,49-,51+/m0/s1. The first-order valence-corrected chi connectivity index (χ1v) is 25.1. The molecule has 1 saturated heterocycles. The van der Waals surface area contributed by atoms with Crippen LogP contribution in [0.2, 0.25) is 18.6 Å². The van der Waals surface area contributed by atoms with E-state index in [2.05, 4.69) is 42.5 Å². The third-order valence-electron chi connectivity index (χ3n) is 13.6. The number of fused-ring (bicyclic) bond motifs is 2. The zero-order chi connectivity index (χ0) is 44.6. The molecular formula is C51H54N6O6Si. The number of ether oxygens (including phenoxy) is 3. The van der Waals surface area contributed by atoms with E-state index in [-0.39, 0.29) is 48.4 Å². The van der Waals surface area contributed by atoms with Crippen LogP contribution < -0.4 is 24.6 Å². The summed E-state index contributed by atoms with van der Waals surface area (Å²) in [6.45, 7) is 7.57. The number of aliphatic hydroxyl groups excluding tert-OH is 1. The second-order valence-electron chi connectivity index (χ2n) is 17.6. The topological polar surface area (TPSA) is 132 Å². The van der Waals surface area contributed by atoms with Gasteiger partial charge in [0.25, 0.3) is 5.91 Å². The molecule has 1 fully saturated rings. The molecule has 64 heavy (non-hydrogen) atoms. The fraction of sp³-hybridized carbons (Fsp3) is 0.314. The van der Waals surface area contributed by atoms with Gasteiger partial charge in [0.1, 0.15) is 11.5 Å². The number of carbonyl (C=O) groups excluding carboxylic acids is 2. The van der Waals surface area contributed by atoms with Crippen molar-refractivity contribution in [3.05, 3.63) is 162 Å². The summed E-state index contributed by atoms with van der Waals surface area (Å²) >= 11 is 0. The van der Waals surface area contributed by atoms with Gasteiger partial charge in [0, 0.05) is 37.1 Å². The van der Waals surface area contributed by atoms with E-state index in [4.69, 9.17) is 19.3 Å². The summed E-state index contributed by atoms with van der Waals surface area (Å²) in [5.74, 6) is 0.678. The van der Waals surface area contributed by atoms with Gasteiger partial charge in [0.15, 0.2) is 5.60 Å². The van der Waals surface area contributed by atoms with Crippen molar-refractivity contribution in [3.63, 3.8) is 0 Å². The van der Waals surface area contributed by atoms with Gasteiger partial charge >= 0.3 is 0 Å². The van der Waals surface area contributed by atoms with Crippen LogP contribution in [-0.4, -0.2) is 72.6 Å². The van der Waals surface area contributed by atoms with Gasteiger partial charge in [-0.2, -0.15) is 5.10 Å². The third-order valence-corrected chi connectivity index (χ3v) is 18.0. The zero-order valence-electron chi connectivity index (χ0n) is 36.9. The van der Waals surface area contributed by atoms with E-state index in [1.807, 2.05) is 131 Å². The Bertz CT molecular complexity index is 2670. The summed E-state index contributed by atoms with van der Waals surface area (Å²) < 4.78 is 20.6. The number of aliphatic hydroxyl groups is 1. The van der Waals surface area contributed by atoms with Crippen LogP contribution in [0, 0.1) is 5.92 Å². The minimum atomic E-state index is -2.45. The maximum Gasteiger partial charge on any atom is 0.264 e. The summed E-state index contributed by atoms with van der Waals surface area (Å²) in [6.07, 6.45) is 3.07. The molecule has 9 rings (SSSR count). The largest absolute Gasteiger partial charge is 0.497 e. The van der Waals surface area contributed by atoms with Crippen LogP contribution in [-0.2, 0) is 33.0 Å². The van der Waals surface area contributed by atoms with Gasteiger partial charge in [0.05, 0.1) is 70.2 Å². The highest BCUT2D eigenvalue weighted by Crippen LogP contribution is 2.60. The number of aryl methyl sites for hydroxylation is 1. The quantitative estimate of drug-likeness (QED) is 0.110. The van der Waals surface area contributed by atoms with Crippen molar-refractivity contribution in [1.29, 1.82) is 0 Å². The summed E-state index contributed by atoms with van der Waals surface area (Å²) in [4.78, 5) is 30.8. The monoisotopic (exact) mass is 874 g/mol. The predicted molar refractivity (Wildman–Crippen MR) is 250 cm³/mol. The normalized spacial score (nSPS) is 21.3. The highest BCUT2D eigenvalue weighted by atomic mass is 28.3. The molecule has 12 nitrogen and oxygen atoms in total. The number of methoxy groups -OCH3 is 2. The summed E-state index contributed by atoms with van der Waals surface area (Å²) in [5, 5.41) is 26.9. The van der Waals surface area contributed by atoms with Crippen LogP contribution in [0.25, 0.3) is 0 Å². The van der Waals surface area contributed by atoms with Gasteiger partial charge in [-0.3, -0.25) is 14.3 Å². The molecule has 1 aromatic heterocycles. The van der Waals surface area contributed by atoms with E-state index in [1.165, 1.54) is 10.2 Å². The molecule has 13 heteroatoms. The lowest BCUT2D eigenvalue weighted by atomic mass is 9.82. The second kappa shape index (κ2) is 17.6. The molecule has 1 spiro atoms.